The highest BCUT2D eigenvalue weighted by Gasteiger charge is 2.32. The minimum atomic E-state index is -0.593. The number of hydrogen-bond acceptors (Lipinski definition) is 6. The van der Waals surface area contributed by atoms with Crippen LogP contribution in [0.15, 0.2) is 74.1 Å². The van der Waals surface area contributed by atoms with Crippen molar-refractivity contribution in [3.8, 4) is 0 Å². The molecular weight excluding hydrogens is 490 g/mol. The SMILES string of the molecule is COC(=O)C1=C(C)N=c2s/c(=C\c3ccc(N(C)C)c(Br)c3)c(=O)n2[C@@H]1c1ccccc1. The Morgan fingerprint density at radius 1 is 1.22 bits per heavy atom. The number of methoxy groups -OCH3 is 1. The smallest absolute Gasteiger partial charge is 0.338 e. The van der Waals surface area contributed by atoms with Gasteiger partial charge in [0.15, 0.2) is 4.80 Å². The first-order valence-corrected chi connectivity index (χ1v) is 11.6. The van der Waals surface area contributed by atoms with E-state index in [2.05, 4.69) is 20.9 Å². The monoisotopic (exact) mass is 511 g/mol. The predicted octanol–water partition coefficient (Wildman–Crippen LogP) is 3.24. The van der Waals surface area contributed by atoms with E-state index in [4.69, 9.17) is 4.74 Å². The number of hydrogen-bond donors (Lipinski definition) is 0. The number of aromatic nitrogens is 1. The Kier molecular flexibility index (Phi) is 6.17. The van der Waals surface area contributed by atoms with Gasteiger partial charge in [0.2, 0.25) is 0 Å². The fourth-order valence-electron chi connectivity index (χ4n) is 3.77. The minimum Gasteiger partial charge on any atom is -0.466 e. The van der Waals surface area contributed by atoms with Crippen molar-refractivity contribution < 1.29 is 9.53 Å². The number of carbonyl (C=O) groups excluding carboxylic acids is 1. The van der Waals surface area contributed by atoms with Crippen LogP contribution in [0.3, 0.4) is 0 Å². The van der Waals surface area contributed by atoms with E-state index in [0.717, 1.165) is 21.3 Å². The highest BCUT2D eigenvalue weighted by Crippen LogP contribution is 2.30. The molecule has 0 saturated carbocycles. The Morgan fingerprint density at radius 2 is 1.94 bits per heavy atom. The summed E-state index contributed by atoms with van der Waals surface area (Å²) in [6, 6.07) is 14.8. The number of carbonyl (C=O) groups is 1. The van der Waals surface area contributed by atoms with Crippen LogP contribution in [0.4, 0.5) is 5.69 Å². The molecule has 0 radical (unpaired) electrons. The van der Waals surface area contributed by atoms with Gasteiger partial charge in [-0.25, -0.2) is 9.79 Å². The second kappa shape index (κ2) is 8.88. The molecule has 2 aromatic carbocycles. The average molecular weight is 512 g/mol. The number of halogens is 1. The molecule has 6 nitrogen and oxygen atoms in total. The minimum absolute atomic E-state index is 0.190. The number of allylic oxidation sites excluding steroid dienone is 1. The van der Waals surface area contributed by atoms with Crippen molar-refractivity contribution in [1.82, 2.24) is 4.57 Å². The van der Waals surface area contributed by atoms with Gasteiger partial charge in [0.25, 0.3) is 5.56 Å². The van der Waals surface area contributed by atoms with Crippen LogP contribution in [0, 0.1) is 0 Å². The standard InChI is InChI=1S/C24H22BrN3O3S/c1-14-20(23(30)31-4)21(16-8-6-5-7-9-16)28-22(29)19(32-24(28)26-14)13-15-10-11-18(27(2)3)17(25)12-15/h5-13,21H,1-4H3/b19-13-/t21-/m1/s1. The molecule has 0 unspecified atom stereocenters. The number of ether oxygens (including phenoxy) is 1. The Bertz CT molecular complexity index is 1400. The number of fused-ring (bicyclic) bond motifs is 1. The Labute approximate surface area is 197 Å². The van der Waals surface area contributed by atoms with Crippen molar-refractivity contribution in [1.29, 1.82) is 0 Å². The molecule has 4 rings (SSSR count). The molecule has 0 fully saturated rings. The molecule has 0 N–H and O–H groups in total. The Hall–Kier alpha value is -2.97. The number of rotatable bonds is 4. The highest BCUT2D eigenvalue weighted by molar-refractivity contribution is 9.10. The van der Waals surface area contributed by atoms with Gasteiger partial charge in [0, 0.05) is 18.6 Å². The lowest BCUT2D eigenvalue weighted by atomic mass is 9.96. The van der Waals surface area contributed by atoms with E-state index in [0.29, 0.717) is 20.6 Å². The lowest BCUT2D eigenvalue weighted by Gasteiger charge is -2.24. The normalized spacial score (nSPS) is 15.9. The molecule has 1 aliphatic heterocycles. The molecule has 164 valence electrons. The molecule has 1 atom stereocenters. The summed E-state index contributed by atoms with van der Waals surface area (Å²) < 4.78 is 8.11. The first kappa shape index (κ1) is 22.2. The van der Waals surface area contributed by atoms with E-state index in [9.17, 15) is 9.59 Å². The summed E-state index contributed by atoms with van der Waals surface area (Å²) in [5.41, 5.74) is 3.50. The van der Waals surface area contributed by atoms with Gasteiger partial charge >= 0.3 is 5.97 Å². The molecule has 8 heteroatoms. The molecule has 0 aliphatic carbocycles. The molecule has 0 spiro atoms. The van der Waals surface area contributed by atoms with Crippen LogP contribution in [0.2, 0.25) is 0 Å². The van der Waals surface area contributed by atoms with Crippen LogP contribution in [0.1, 0.15) is 24.1 Å². The zero-order valence-electron chi connectivity index (χ0n) is 18.1. The van der Waals surface area contributed by atoms with Gasteiger partial charge in [-0.3, -0.25) is 9.36 Å². The zero-order chi connectivity index (χ0) is 23.0. The summed E-state index contributed by atoms with van der Waals surface area (Å²) in [5, 5.41) is 0. The van der Waals surface area contributed by atoms with Gasteiger partial charge in [-0.2, -0.15) is 0 Å². The molecule has 0 bridgehead atoms. The quantitative estimate of drug-likeness (QED) is 0.504. The number of thiazole rings is 1. The fourth-order valence-corrected chi connectivity index (χ4v) is 5.57. The van der Waals surface area contributed by atoms with Crippen molar-refractivity contribution in [3.05, 3.63) is 95.1 Å². The summed E-state index contributed by atoms with van der Waals surface area (Å²) >= 11 is 4.91. The van der Waals surface area contributed by atoms with Crippen LogP contribution >= 0.6 is 27.3 Å². The average Bonchev–Trinajstić information content (AvgIpc) is 3.07. The maximum atomic E-state index is 13.5. The molecule has 0 saturated heterocycles. The van der Waals surface area contributed by atoms with Crippen LogP contribution in [0.25, 0.3) is 6.08 Å². The topological polar surface area (TPSA) is 63.9 Å². The second-order valence-corrected chi connectivity index (χ2v) is 9.45. The molecule has 0 amide bonds. The van der Waals surface area contributed by atoms with E-state index in [1.807, 2.05) is 73.6 Å². The van der Waals surface area contributed by atoms with E-state index >= 15 is 0 Å². The lowest BCUT2D eigenvalue weighted by Crippen LogP contribution is -2.39. The Balaban J connectivity index is 1.92. The third-order valence-corrected chi connectivity index (χ3v) is 6.91. The molecule has 2 heterocycles. The van der Waals surface area contributed by atoms with Crippen LogP contribution in [-0.4, -0.2) is 31.7 Å². The molecule has 32 heavy (non-hydrogen) atoms. The maximum Gasteiger partial charge on any atom is 0.338 e. The largest absolute Gasteiger partial charge is 0.466 e. The van der Waals surface area contributed by atoms with E-state index in [1.165, 1.54) is 18.4 Å². The highest BCUT2D eigenvalue weighted by atomic mass is 79.9. The van der Waals surface area contributed by atoms with E-state index in [-0.39, 0.29) is 5.56 Å². The summed E-state index contributed by atoms with van der Waals surface area (Å²) in [4.78, 5) is 33.3. The molecule has 1 aliphatic rings. The van der Waals surface area contributed by atoms with Crippen molar-refractivity contribution in [3.63, 3.8) is 0 Å². The van der Waals surface area contributed by atoms with Gasteiger partial charge in [-0.1, -0.05) is 47.7 Å². The number of esters is 1. The maximum absolute atomic E-state index is 13.5. The van der Waals surface area contributed by atoms with Gasteiger partial charge in [-0.05, 0) is 52.2 Å². The van der Waals surface area contributed by atoms with Crippen molar-refractivity contribution in [2.45, 2.75) is 13.0 Å². The van der Waals surface area contributed by atoms with Crippen LogP contribution in [0.5, 0.6) is 0 Å². The number of nitrogens with zero attached hydrogens (tertiary/aromatic N) is 3. The first-order chi connectivity index (χ1) is 15.3. The number of anilines is 1. The predicted molar refractivity (Wildman–Crippen MR) is 131 cm³/mol. The van der Waals surface area contributed by atoms with Crippen molar-refractivity contribution in [2.24, 2.45) is 4.99 Å². The Morgan fingerprint density at radius 3 is 2.56 bits per heavy atom. The summed E-state index contributed by atoms with van der Waals surface area (Å²) in [5.74, 6) is -0.488. The number of benzene rings is 2. The van der Waals surface area contributed by atoms with Gasteiger partial charge in [0.05, 0.1) is 34.6 Å². The summed E-state index contributed by atoms with van der Waals surface area (Å²) in [7, 11) is 5.29. The van der Waals surface area contributed by atoms with Gasteiger partial charge in [0.1, 0.15) is 0 Å². The molecule has 3 aromatic rings. The second-order valence-electron chi connectivity index (χ2n) is 7.59. The van der Waals surface area contributed by atoms with Crippen LogP contribution < -0.4 is 19.8 Å². The van der Waals surface area contributed by atoms with Crippen LogP contribution in [-0.2, 0) is 9.53 Å². The molecule has 1 aromatic heterocycles. The van der Waals surface area contributed by atoms with E-state index in [1.54, 1.807) is 11.5 Å². The van der Waals surface area contributed by atoms with E-state index < -0.39 is 12.0 Å². The fraction of sp³-hybridized carbons (Fsp3) is 0.208. The third-order valence-electron chi connectivity index (χ3n) is 5.29. The summed E-state index contributed by atoms with van der Waals surface area (Å²) in [6.45, 7) is 1.77. The van der Waals surface area contributed by atoms with Gasteiger partial charge < -0.3 is 9.64 Å². The van der Waals surface area contributed by atoms with Crippen molar-refractivity contribution in [2.75, 3.05) is 26.1 Å². The first-order valence-electron chi connectivity index (χ1n) is 9.94. The van der Waals surface area contributed by atoms with Crippen molar-refractivity contribution >= 4 is 45.0 Å². The summed E-state index contributed by atoms with van der Waals surface area (Å²) in [6.07, 6.45) is 1.85. The third kappa shape index (κ3) is 3.96. The lowest BCUT2D eigenvalue weighted by molar-refractivity contribution is -0.136. The molecular formula is C24H22BrN3O3S. The van der Waals surface area contributed by atoms with Gasteiger partial charge in [-0.15, -0.1) is 0 Å². The zero-order valence-corrected chi connectivity index (χ0v) is 20.5.